The van der Waals surface area contributed by atoms with Crippen molar-refractivity contribution in [2.45, 2.75) is 20.8 Å². The highest BCUT2D eigenvalue weighted by molar-refractivity contribution is 6.42. The van der Waals surface area contributed by atoms with Crippen LogP contribution in [0.15, 0.2) is 12.1 Å². The summed E-state index contributed by atoms with van der Waals surface area (Å²) in [5.41, 5.74) is 0.806. The highest BCUT2D eigenvalue weighted by Crippen LogP contribution is 2.32. The van der Waals surface area contributed by atoms with Crippen LogP contribution in [0.4, 0.5) is 11.4 Å². The maximum Gasteiger partial charge on any atom is 0.397 e. The maximum absolute atomic E-state index is 11.7. The highest BCUT2D eigenvalue weighted by atomic mass is 35.5. The third kappa shape index (κ3) is 5.24. The van der Waals surface area contributed by atoms with E-state index in [1.165, 1.54) is 12.1 Å². The fourth-order valence-electron chi connectivity index (χ4n) is 1.69. The van der Waals surface area contributed by atoms with Gasteiger partial charge in [0.2, 0.25) is 0 Å². The van der Waals surface area contributed by atoms with Crippen LogP contribution in [0.2, 0.25) is 5.02 Å². The second-order valence-corrected chi connectivity index (χ2v) is 4.90. The van der Waals surface area contributed by atoms with Gasteiger partial charge < -0.3 is 20.1 Å². The summed E-state index contributed by atoms with van der Waals surface area (Å²) in [6.45, 7) is 4.90. The molecule has 2 amide bonds. The van der Waals surface area contributed by atoms with Crippen molar-refractivity contribution in [2.75, 3.05) is 23.8 Å². The van der Waals surface area contributed by atoms with Crippen LogP contribution < -0.4 is 10.6 Å². The molecule has 0 atom stereocenters. The first kappa shape index (κ1) is 19.4. The first-order valence-electron chi connectivity index (χ1n) is 7.06. The number of anilines is 2. The Morgan fingerprint density at radius 1 is 0.917 bits per heavy atom. The largest absolute Gasteiger partial charge is 0.459 e. The molecule has 1 rings (SSSR count). The molecule has 1 aromatic carbocycles. The fraction of sp³-hybridized carbons (Fsp3) is 0.333. The fourth-order valence-corrected chi connectivity index (χ4v) is 1.89. The summed E-state index contributed by atoms with van der Waals surface area (Å²) in [5.74, 6) is -4.14. The van der Waals surface area contributed by atoms with E-state index in [1.54, 1.807) is 20.8 Å². The van der Waals surface area contributed by atoms with E-state index in [0.717, 1.165) is 0 Å². The van der Waals surface area contributed by atoms with E-state index in [4.69, 9.17) is 11.6 Å². The smallest absolute Gasteiger partial charge is 0.397 e. The number of rotatable bonds is 4. The van der Waals surface area contributed by atoms with Crippen molar-refractivity contribution in [3.05, 3.63) is 22.7 Å². The molecule has 9 heteroatoms. The summed E-state index contributed by atoms with van der Waals surface area (Å²) in [5, 5.41) is 4.54. The van der Waals surface area contributed by atoms with E-state index in [0.29, 0.717) is 5.56 Å². The van der Waals surface area contributed by atoms with E-state index in [-0.39, 0.29) is 29.6 Å². The second kappa shape index (κ2) is 8.88. The molecule has 24 heavy (non-hydrogen) atoms. The summed E-state index contributed by atoms with van der Waals surface area (Å²) in [4.78, 5) is 46.1. The molecular formula is C15H17ClN2O6. The van der Waals surface area contributed by atoms with Crippen molar-refractivity contribution in [2.24, 2.45) is 0 Å². The summed E-state index contributed by atoms with van der Waals surface area (Å²) in [7, 11) is 0. The van der Waals surface area contributed by atoms with Crippen LogP contribution >= 0.6 is 11.6 Å². The van der Waals surface area contributed by atoms with Gasteiger partial charge in [-0.1, -0.05) is 11.6 Å². The number of hydrogen-bond donors (Lipinski definition) is 2. The number of nitrogens with one attached hydrogen (secondary N) is 2. The van der Waals surface area contributed by atoms with Gasteiger partial charge in [-0.05, 0) is 38.5 Å². The first-order valence-corrected chi connectivity index (χ1v) is 7.44. The zero-order valence-corrected chi connectivity index (χ0v) is 14.2. The van der Waals surface area contributed by atoms with Crippen molar-refractivity contribution in [1.82, 2.24) is 0 Å². The molecule has 0 aromatic heterocycles. The molecule has 130 valence electrons. The highest BCUT2D eigenvalue weighted by Gasteiger charge is 2.20. The van der Waals surface area contributed by atoms with E-state index >= 15 is 0 Å². The second-order valence-electron chi connectivity index (χ2n) is 4.52. The lowest BCUT2D eigenvalue weighted by atomic mass is 10.2. The van der Waals surface area contributed by atoms with Gasteiger partial charge in [-0.2, -0.15) is 0 Å². The molecule has 0 heterocycles. The Labute approximate surface area is 143 Å². The minimum atomic E-state index is -1.06. The molecule has 0 saturated heterocycles. The van der Waals surface area contributed by atoms with Crippen molar-refractivity contribution in [3.63, 3.8) is 0 Å². The molecule has 0 unspecified atom stereocenters. The monoisotopic (exact) mass is 356 g/mol. The van der Waals surface area contributed by atoms with E-state index in [1.807, 2.05) is 0 Å². The first-order chi connectivity index (χ1) is 11.3. The molecule has 1 aromatic rings. The minimum Gasteiger partial charge on any atom is -0.459 e. The van der Waals surface area contributed by atoms with Gasteiger partial charge in [-0.15, -0.1) is 0 Å². The molecule has 8 nitrogen and oxygen atoms in total. The molecule has 2 N–H and O–H groups in total. The molecule has 0 aliphatic carbocycles. The summed E-state index contributed by atoms with van der Waals surface area (Å²) in [6.07, 6.45) is 0. The Kier molecular flexibility index (Phi) is 7.19. The van der Waals surface area contributed by atoms with Gasteiger partial charge >= 0.3 is 23.8 Å². The molecule has 0 bridgehead atoms. The summed E-state index contributed by atoms with van der Waals surface area (Å²) in [6, 6.07) is 3.00. The van der Waals surface area contributed by atoms with Gasteiger partial charge in [0.1, 0.15) is 0 Å². The lowest BCUT2D eigenvalue weighted by Crippen LogP contribution is -2.26. The van der Waals surface area contributed by atoms with Crippen molar-refractivity contribution < 1.29 is 28.7 Å². The lowest BCUT2D eigenvalue weighted by Gasteiger charge is -2.13. The zero-order valence-electron chi connectivity index (χ0n) is 13.4. The number of benzene rings is 1. The number of halogens is 1. The molecular weight excluding hydrogens is 340 g/mol. The topological polar surface area (TPSA) is 111 Å². The maximum atomic E-state index is 11.7. The molecule has 0 aliphatic rings. The SMILES string of the molecule is CCOC(=O)C(=O)Nc1cc(C)cc(NC(=O)C(=O)OCC)c1Cl. The van der Waals surface area contributed by atoms with E-state index in [9.17, 15) is 19.2 Å². The number of esters is 2. The zero-order chi connectivity index (χ0) is 18.3. The average molecular weight is 357 g/mol. The molecule has 0 saturated carbocycles. The van der Waals surface area contributed by atoms with Crippen LogP contribution in [0.25, 0.3) is 0 Å². The molecule has 0 spiro atoms. The van der Waals surface area contributed by atoms with Crippen molar-refractivity contribution in [1.29, 1.82) is 0 Å². The number of amides is 2. The van der Waals surface area contributed by atoms with Gasteiger partial charge in [-0.25, -0.2) is 9.59 Å². The lowest BCUT2D eigenvalue weighted by molar-refractivity contribution is -0.152. The Bertz CT molecular complexity index is 621. The molecule has 0 fully saturated rings. The third-order valence-corrected chi connectivity index (χ3v) is 3.04. The quantitative estimate of drug-likeness (QED) is 0.627. The number of carbonyl (C=O) groups excluding carboxylic acids is 4. The number of hydrogen-bond acceptors (Lipinski definition) is 6. The van der Waals surface area contributed by atoms with Gasteiger partial charge in [0.25, 0.3) is 0 Å². The Morgan fingerprint density at radius 3 is 1.62 bits per heavy atom. The van der Waals surface area contributed by atoms with Crippen LogP contribution in [-0.4, -0.2) is 37.0 Å². The van der Waals surface area contributed by atoms with Gasteiger partial charge in [0.15, 0.2) is 0 Å². The predicted molar refractivity (Wildman–Crippen MR) is 86.7 cm³/mol. The average Bonchev–Trinajstić information content (AvgIpc) is 2.52. The Morgan fingerprint density at radius 2 is 1.29 bits per heavy atom. The summed E-state index contributed by atoms with van der Waals surface area (Å²) < 4.78 is 9.15. The minimum absolute atomic E-state index is 0.0455. The third-order valence-electron chi connectivity index (χ3n) is 2.64. The molecule has 0 radical (unpaired) electrons. The van der Waals surface area contributed by atoms with Crippen LogP contribution in [0, 0.1) is 6.92 Å². The van der Waals surface area contributed by atoms with Crippen LogP contribution in [-0.2, 0) is 28.7 Å². The number of ether oxygens (including phenoxy) is 2. The van der Waals surface area contributed by atoms with Crippen molar-refractivity contribution in [3.8, 4) is 0 Å². The number of aryl methyl sites for hydroxylation is 1. The van der Waals surface area contributed by atoms with Crippen LogP contribution in [0.1, 0.15) is 19.4 Å². The van der Waals surface area contributed by atoms with Gasteiger partial charge in [0, 0.05) is 0 Å². The number of carbonyl (C=O) groups is 4. The van der Waals surface area contributed by atoms with Crippen molar-refractivity contribution >= 4 is 46.7 Å². The van der Waals surface area contributed by atoms with E-state index < -0.39 is 23.8 Å². The standard InChI is InChI=1S/C15H17ClN2O6/c1-4-23-14(21)12(19)17-9-6-8(3)7-10(11(9)16)18-13(20)15(22)24-5-2/h6-7H,4-5H2,1-3H3,(H,17,19)(H,18,20). The van der Waals surface area contributed by atoms with E-state index in [2.05, 4.69) is 20.1 Å². The predicted octanol–water partition coefficient (Wildman–Crippen LogP) is 1.65. The van der Waals surface area contributed by atoms with Crippen LogP contribution in [0.5, 0.6) is 0 Å². The normalized spacial score (nSPS) is 9.83. The molecule has 0 aliphatic heterocycles. The Hall–Kier alpha value is -2.61. The Balaban J connectivity index is 2.99. The van der Waals surface area contributed by atoms with Gasteiger partial charge in [-0.3, -0.25) is 9.59 Å². The summed E-state index contributed by atoms with van der Waals surface area (Å²) >= 11 is 6.10. The van der Waals surface area contributed by atoms with Gasteiger partial charge in [0.05, 0.1) is 29.6 Å². The van der Waals surface area contributed by atoms with Crippen LogP contribution in [0.3, 0.4) is 0 Å².